The zero-order valence-corrected chi connectivity index (χ0v) is 16.1. The molecule has 0 aliphatic rings. The first-order valence-electron chi connectivity index (χ1n) is 6.61. The Morgan fingerprint density at radius 2 is 1.90 bits per heavy atom. The van der Waals surface area contributed by atoms with E-state index in [0.29, 0.717) is 0 Å². The summed E-state index contributed by atoms with van der Waals surface area (Å²) < 4.78 is 9.07. The molecule has 0 aliphatic heterocycles. The van der Waals surface area contributed by atoms with Crippen LogP contribution in [0.1, 0.15) is 6.92 Å². The molecule has 0 saturated carbocycles. The van der Waals surface area contributed by atoms with Gasteiger partial charge in [0.25, 0.3) is 0 Å². The molecule has 0 heterocycles. The van der Waals surface area contributed by atoms with Gasteiger partial charge in [-0.3, -0.25) is 0 Å². The van der Waals surface area contributed by atoms with Gasteiger partial charge in [-0.15, -0.1) is 6.58 Å². The maximum absolute atomic E-state index is 12.3. The van der Waals surface area contributed by atoms with Crippen molar-refractivity contribution in [3.05, 3.63) is 24.8 Å². The van der Waals surface area contributed by atoms with Crippen molar-refractivity contribution < 1.29 is 14.3 Å². The smallest absolute Gasteiger partial charge is 0.335 e. The molecule has 3 nitrogen and oxygen atoms in total. The average molecular weight is 374 g/mol. The van der Waals surface area contributed by atoms with Crippen LogP contribution in [0.15, 0.2) is 24.8 Å². The lowest BCUT2D eigenvalue weighted by atomic mass is 10.2. The van der Waals surface area contributed by atoms with Crippen LogP contribution in [-0.4, -0.2) is 37.2 Å². The summed E-state index contributed by atoms with van der Waals surface area (Å²) in [5.41, 5.74) is -0.0367. The molecule has 7 heteroatoms. The number of halogens is 3. The SMILES string of the molecule is C=CCO[C@H](C(=O)OCC(Cl)(Cl)Cl)[C@@H](/C=C/C)[Si](C)(C)C. The Hall–Kier alpha value is -0.00312. The highest BCUT2D eigenvalue weighted by atomic mass is 35.6. The van der Waals surface area contributed by atoms with E-state index >= 15 is 0 Å². The van der Waals surface area contributed by atoms with Crippen molar-refractivity contribution in [2.24, 2.45) is 0 Å². The van der Waals surface area contributed by atoms with Crippen LogP contribution in [-0.2, 0) is 14.3 Å². The third-order valence-corrected chi connectivity index (χ3v) is 5.55. The van der Waals surface area contributed by atoms with Gasteiger partial charge < -0.3 is 9.47 Å². The van der Waals surface area contributed by atoms with E-state index in [4.69, 9.17) is 44.3 Å². The average Bonchev–Trinajstić information content (AvgIpc) is 2.33. The first-order valence-corrected chi connectivity index (χ1v) is 11.3. The maximum atomic E-state index is 12.3. The minimum atomic E-state index is -1.70. The van der Waals surface area contributed by atoms with Gasteiger partial charge in [0, 0.05) is 5.54 Å². The van der Waals surface area contributed by atoms with E-state index in [0.717, 1.165) is 0 Å². The predicted molar refractivity (Wildman–Crippen MR) is 93.1 cm³/mol. The zero-order chi connectivity index (χ0) is 16.7. The topological polar surface area (TPSA) is 35.5 Å². The van der Waals surface area contributed by atoms with Crippen molar-refractivity contribution in [1.82, 2.24) is 0 Å². The molecule has 0 aromatic carbocycles. The highest BCUT2D eigenvalue weighted by molar-refractivity contribution is 6.78. The quantitative estimate of drug-likeness (QED) is 0.266. The standard InChI is InChI=1S/C14H23Cl3O3Si/c1-6-8-11(21(3,4)5)12(19-9-7-2)13(18)20-10-14(15,16)17/h6-8,11-12H,2,9-10H2,1,3-5H3/b8-6+/t11-,12+/m1/s1. The number of ether oxygens (including phenoxy) is 2. The van der Waals surface area contributed by atoms with E-state index in [1.807, 2.05) is 19.1 Å². The molecule has 0 rings (SSSR count). The number of hydrogen-bond acceptors (Lipinski definition) is 3. The molecule has 0 bridgehead atoms. The molecule has 0 amide bonds. The van der Waals surface area contributed by atoms with Crippen molar-refractivity contribution in [2.75, 3.05) is 13.2 Å². The number of alkyl halides is 3. The lowest BCUT2D eigenvalue weighted by molar-refractivity contribution is -0.156. The number of esters is 1. The summed E-state index contributed by atoms with van der Waals surface area (Å²) in [4.78, 5) is 12.3. The Labute approximate surface area is 143 Å². The minimum Gasteiger partial charge on any atom is -0.459 e. The van der Waals surface area contributed by atoms with Gasteiger partial charge in [-0.05, 0) is 6.92 Å². The maximum Gasteiger partial charge on any atom is 0.335 e. The molecular weight excluding hydrogens is 351 g/mol. The molecule has 0 saturated heterocycles. The number of carbonyl (C=O) groups is 1. The van der Waals surface area contributed by atoms with E-state index in [1.165, 1.54) is 0 Å². The largest absolute Gasteiger partial charge is 0.459 e. The lowest BCUT2D eigenvalue weighted by Gasteiger charge is -2.32. The highest BCUT2D eigenvalue weighted by Crippen LogP contribution is 2.31. The van der Waals surface area contributed by atoms with Crippen LogP contribution in [0.3, 0.4) is 0 Å². The molecule has 0 radical (unpaired) electrons. The number of allylic oxidation sites excluding steroid dienone is 1. The molecular formula is C14H23Cl3O3Si. The van der Waals surface area contributed by atoms with Gasteiger partial charge in [0.15, 0.2) is 6.10 Å². The zero-order valence-electron chi connectivity index (χ0n) is 12.9. The summed E-state index contributed by atoms with van der Waals surface area (Å²) in [5.74, 6) is -0.520. The van der Waals surface area contributed by atoms with Crippen LogP contribution >= 0.6 is 34.8 Å². The number of hydrogen-bond donors (Lipinski definition) is 0. The van der Waals surface area contributed by atoms with Gasteiger partial charge in [-0.2, -0.15) is 0 Å². The van der Waals surface area contributed by atoms with Gasteiger partial charge in [0.05, 0.1) is 14.7 Å². The van der Waals surface area contributed by atoms with Crippen molar-refractivity contribution >= 4 is 48.8 Å². The Morgan fingerprint density at radius 3 is 2.29 bits per heavy atom. The Bertz CT molecular complexity index is 373. The predicted octanol–water partition coefficient (Wildman–Crippen LogP) is 4.76. The molecule has 0 aromatic rings. The van der Waals surface area contributed by atoms with Gasteiger partial charge in [-0.1, -0.05) is 72.7 Å². The molecule has 21 heavy (non-hydrogen) atoms. The van der Waals surface area contributed by atoms with Crippen LogP contribution in [0, 0.1) is 0 Å². The second-order valence-corrected chi connectivity index (χ2v) is 13.6. The minimum absolute atomic E-state index is 0.0367. The van der Waals surface area contributed by atoms with Crippen LogP contribution < -0.4 is 0 Å². The summed E-state index contributed by atoms with van der Waals surface area (Å²) in [6.45, 7) is 11.9. The van der Waals surface area contributed by atoms with Crippen LogP contribution in [0.25, 0.3) is 0 Å². The molecule has 0 unspecified atom stereocenters. The van der Waals surface area contributed by atoms with E-state index in [-0.39, 0.29) is 18.8 Å². The molecule has 0 fully saturated rings. The van der Waals surface area contributed by atoms with Crippen LogP contribution in [0.5, 0.6) is 0 Å². The molecule has 122 valence electrons. The summed E-state index contributed by atoms with van der Waals surface area (Å²) in [6.07, 6.45) is 4.76. The van der Waals surface area contributed by atoms with Crippen molar-refractivity contribution in [1.29, 1.82) is 0 Å². The van der Waals surface area contributed by atoms with E-state index in [1.54, 1.807) is 6.08 Å². The normalized spacial score (nSPS) is 15.8. The molecule has 0 aliphatic carbocycles. The lowest BCUT2D eigenvalue weighted by Crippen LogP contribution is -2.42. The number of rotatable bonds is 8. The molecule has 0 aromatic heterocycles. The second kappa shape index (κ2) is 9.21. The highest BCUT2D eigenvalue weighted by Gasteiger charge is 2.38. The second-order valence-electron chi connectivity index (χ2n) is 5.68. The third-order valence-electron chi connectivity index (χ3n) is 2.73. The monoisotopic (exact) mass is 372 g/mol. The van der Waals surface area contributed by atoms with E-state index < -0.39 is 23.9 Å². The summed E-state index contributed by atoms with van der Waals surface area (Å²) in [7, 11) is -1.70. The van der Waals surface area contributed by atoms with Gasteiger partial charge in [0.1, 0.15) is 6.61 Å². The summed E-state index contributed by atoms with van der Waals surface area (Å²) >= 11 is 16.8. The van der Waals surface area contributed by atoms with Crippen molar-refractivity contribution in [2.45, 2.75) is 42.0 Å². The summed E-state index contributed by atoms with van der Waals surface area (Å²) in [6, 6.07) is 0. The van der Waals surface area contributed by atoms with E-state index in [9.17, 15) is 4.79 Å². The molecule has 0 spiro atoms. The number of carbonyl (C=O) groups excluding carboxylic acids is 1. The fourth-order valence-electron chi connectivity index (χ4n) is 1.78. The fraction of sp³-hybridized carbons (Fsp3) is 0.643. The van der Waals surface area contributed by atoms with Gasteiger partial charge in [-0.25, -0.2) is 4.79 Å². The van der Waals surface area contributed by atoms with Crippen molar-refractivity contribution in [3.8, 4) is 0 Å². The van der Waals surface area contributed by atoms with Gasteiger partial charge in [0.2, 0.25) is 3.79 Å². The van der Waals surface area contributed by atoms with Crippen molar-refractivity contribution in [3.63, 3.8) is 0 Å². The molecule has 2 atom stereocenters. The molecule has 0 N–H and O–H groups in total. The third kappa shape index (κ3) is 8.89. The van der Waals surface area contributed by atoms with Crippen LogP contribution in [0.4, 0.5) is 0 Å². The Balaban J connectivity index is 5.14. The van der Waals surface area contributed by atoms with Crippen LogP contribution in [0.2, 0.25) is 25.2 Å². The summed E-state index contributed by atoms with van der Waals surface area (Å²) in [5, 5.41) is 0. The van der Waals surface area contributed by atoms with E-state index in [2.05, 4.69) is 26.2 Å². The Morgan fingerprint density at radius 1 is 1.33 bits per heavy atom. The first-order chi connectivity index (χ1) is 9.53. The Kier molecular flexibility index (Phi) is 9.21. The fourth-order valence-corrected chi connectivity index (χ4v) is 3.85. The van der Waals surface area contributed by atoms with Gasteiger partial charge >= 0.3 is 5.97 Å². The first kappa shape index (κ1) is 21.0.